The van der Waals surface area contributed by atoms with E-state index in [1.54, 1.807) is 0 Å². The SMILES string of the molecule is c1ccc(COCCOc2c(OCCOc3ccccc3)cccc2-c2ccccc2)cc1. The zero-order chi connectivity index (χ0) is 22.6. The van der Waals surface area contributed by atoms with Gasteiger partial charge in [0.2, 0.25) is 0 Å². The minimum absolute atomic E-state index is 0.411. The van der Waals surface area contributed by atoms with Crippen molar-refractivity contribution in [3.05, 3.63) is 115 Å². The smallest absolute Gasteiger partial charge is 0.169 e. The average Bonchev–Trinajstić information content (AvgIpc) is 2.88. The molecule has 0 bridgehead atoms. The lowest BCUT2D eigenvalue weighted by Crippen LogP contribution is -2.12. The second kappa shape index (κ2) is 12.3. The summed E-state index contributed by atoms with van der Waals surface area (Å²) in [6.45, 7) is 2.32. The van der Waals surface area contributed by atoms with E-state index >= 15 is 0 Å². The molecular weight excluding hydrogens is 412 g/mol. The molecule has 168 valence electrons. The molecule has 0 heterocycles. The summed E-state index contributed by atoms with van der Waals surface area (Å²) in [7, 11) is 0. The Morgan fingerprint density at radius 2 is 1.12 bits per heavy atom. The third kappa shape index (κ3) is 6.86. The molecule has 4 heteroatoms. The van der Waals surface area contributed by atoms with Gasteiger partial charge < -0.3 is 18.9 Å². The highest BCUT2D eigenvalue weighted by atomic mass is 16.6. The number of para-hydroxylation sites is 2. The summed E-state index contributed by atoms with van der Waals surface area (Å²) >= 11 is 0. The van der Waals surface area contributed by atoms with Crippen molar-refractivity contribution < 1.29 is 18.9 Å². The third-order valence-corrected chi connectivity index (χ3v) is 5.00. The van der Waals surface area contributed by atoms with Crippen molar-refractivity contribution in [2.45, 2.75) is 6.61 Å². The summed E-state index contributed by atoms with van der Waals surface area (Å²) in [6.07, 6.45) is 0. The lowest BCUT2D eigenvalue weighted by Gasteiger charge is -2.17. The van der Waals surface area contributed by atoms with Crippen LogP contribution in [0.3, 0.4) is 0 Å². The van der Waals surface area contributed by atoms with Crippen LogP contribution < -0.4 is 14.2 Å². The first-order chi connectivity index (χ1) is 16.4. The summed E-state index contributed by atoms with van der Waals surface area (Å²) in [5.41, 5.74) is 3.20. The quantitative estimate of drug-likeness (QED) is 0.239. The first-order valence-corrected chi connectivity index (χ1v) is 11.1. The van der Waals surface area contributed by atoms with Gasteiger partial charge in [-0.25, -0.2) is 0 Å². The van der Waals surface area contributed by atoms with E-state index < -0.39 is 0 Å². The molecule has 0 aliphatic rings. The van der Waals surface area contributed by atoms with Crippen molar-refractivity contribution in [3.8, 4) is 28.4 Å². The predicted octanol–water partition coefficient (Wildman–Crippen LogP) is 6.41. The van der Waals surface area contributed by atoms with Gasteiger partial charge in [0.25, 0.3) is 0 Å². The van der Waals surface area contributed by atoms with Crippen LogP contribution in [0, 0.1) is 0 Å². The molecule has 0 saturated heterocycles. The van der Waals surface area contributed by atoms with Crippen LogP contribution in [0.5, 0.6) is 17.2 Å². The van der Waals surface area contributed by atoms with Gasteiger partial charge in [-0.1, -0.05) is 91.0 Å². The van der Waals surface area contributed by atoms with E-state index in [0.717, 1.165) is 22.4 Å². The van der Waals surface area contributed by atoms with E-state index in [1.807, 2.05) is 84.9 Å². The van der Waals surface area contributed by atoms with Crippen LogP contribution in [0.2, 0.25) is 0 Å². The van der Waals surface area contributed by atoms with Crippen molar-refractivity contribution in [2.24, 2.45) is 0 Å². The largest absolute Gasteiger partial charge is 0.490 e. The topological polar surface area (TPSA) is 36.9 Å². The highest BCUT2D eigenvalue weighted by Crippen LogP contribution is 2.38. The van der Waals surface area contributed by atoms with Crippen molar-refractivity contribution in [1.29, 1.82) is 0 Å². The summed E-state index contributed by atoms with van der Waals surface area (Å²) in [5.74, 6) is 2.23. The van der Waals surface area contributed by atoms with Gasteiger partial charge in [-0.2, -0.15) is 0 Å². The summed E-state index contributed by atoms with van der Waals surface area (Å²) in [4.78, 5) is 0. The number of hydrogen-bond acceptors (Lipinski definition) is 4. The van der Waals surface area contributed by atoms with Gasteiger partial charge in [-0.3, -0.25) is 0 Å². The maximum absolute atomic E-state index is 6.19. The van der Waals surface area contributed by atoms with Crippen molar-refractivity contribution in [1.82, 2.24) is 0 Å². The molecule has 0 spiro atoms. The summed E-state index contributed by atoms with van der Waals surface area (Å²) < 4.78 is 23.8. The van der Waals surface area contributed by atoms with Crippen molar-refractivity contribution >= 4 is 0 Å². The highest BCUT2D eigenvalue weighted by molar-refractivity contribution is 5.73. The van der Waals surface area contributed by atoms with Gasteiger partial charge in [0, 0.05) is 5.56 Å². The summed E-state index contributed by atoms with van der Waals surface area (Å²) in [5, 5.41) is 0. The van der Waals surface area contributed by atoms with E-state index in [0.29, 0.717) is 44.5 Å². The molecule has 0 aliphatic heterocycles. The van der Waals surface area contributed by atoms with Crippen LogP contribution in [0.1, 0.15) is 5.56 Å². The van der Waals surface area contributed by atoms with E-state index in [9.17, 15) is 0 Å². The van der Waals surface area contributed by atoms with Crippen LogP contribution in [0.15, 0.2) is 109 Å². The maximum Gasteiger partial charge on any atom is 0.169 e. The number of hydrogen-bond donors (Lipinski definition) is 0. The molecule has 4 rings (SSSR count). The second-order valence-corrected chi connectivity index (χ2v) is 7.40. The molecule has 0 N–H and O–H groups in total. The molecule has 0 aromatic heterocycles. The number of ether oxygens (including phenoxy) is 4. The van der Waals surface area contributed by atoms with Crippen LogP contribution >= 0.6 is 0 Å². The lowest BCUT2D eigenvalue weighted by molar-refractivity contribution is 0.0875. The van der Waals surface area contributed by atoms with Crippen molar-refractivity contribution in [3.63, 3.8) is 0 Å². The van der Waals surface area contributed by atoms with Crippen LogP contribution in [-0.4, -0.2) is 26.4 Å². The third-order valence-electron chi connectivity index (χ3n) is 5.00. The Kier molecular flexibility index (Phi) is 8.38. The standard InChI is InChI=1S/C29H28O4/c1-4-11-24(12-5-1)23-30-19-20-33-29-27(25-13-6-2-7-14-25)17-10-18-28(29)32-22-21-31-26-15-8-3-9-16-26/h1-18H,19-23H2. The first kappa shape index (κ1) is 22.4. The zero-order valence-corrected chi connectivity index (χ0v) is 18.6. The monoisotopic (exact) mass is 440 g/mol. The Labute approximate surface area is 195 Å². The van der Waals surface area contributed by atoms with Gasteiger partial charge in [-0.05, 0) is 29.3 Å². The Balaban J connectivity index is 1.38. The average molecular weight is 441 g/mol. The Hall–Kier alpha value is -3.76. The number of benzene rings is 4. The molecule has 4 nitrogen and oxygen atoms in total. The van der Waals surface area contributed by atoms with Crippen LogP contribution in [0.25, 0.3) is 11.1 Å². The Bertz CT molecular complexity index is 1080. The van der Waals surface area contributed by atoms with Gasteiger partial charge in [0.15, 0.2) is 11.5 Å². The van der Waals surface area contributed by atoms with E-state index in [1.165, 1.54) is 0 Å². The van der Waals surface area contributed by atoms with E-state index in [4.69, 9.17) is 18.9 Å². The maximum atomic E-state index is 6.19. The van der Waals surface area contributed by atoms with Gasteiger partial charge >= 0.3 is 0 Å². The van der Waals surface area contributed by atoms with Gasteiger partial charge in [0.1, 0.15) is 25.6 Å². The molecule has 0 atom stereocenters. The molecule has 0 unspecified atom stereocenters. The fourth-order valence-corrected chi connectivity index (χ4v) is 3.42. The molecule has 0 fully saturated rings. The van der Waals surface area contributed by atoms with Gasteiger partial charge in [0.05, 0.1) is 13.2 Å². The fourth-order valence-electron chi connectivity index (χ4n) is 3.42. The number of rotatable bonds is 12. The van der Waals surface area contributed by atoms with Crippen molar-refractivity contribution in [2.75, 3.05) is 26.4 Å². The summed E-state index contributed by atoms with van der Waals surface area (Å²) in [6, 6.07) is 36.0. The normalized spacial score (nSPS) is 10.5. The molecule has 0 amide bonds. The minimum Gasteiger partial charge on any atom is -0.490 e. The minimum atomic E-state index is 0.411. The highest BCUT2D eigenvalue weighted by Gasteiger charge is 2.13. The predicted molar refractivity (Wildman–Crippen MR) is 131 cm³/mol. The van der Waals surface area contributed by atoms with Gasteiger partial charge in [-0.15, -0.1) is 0 Å². The van der Waals surface area contributed by atoms with Crippen LogP contribution in [0.4, 0.5) is 0 Å². The zero-order valence-electron chi connectivity index (χ0n) is 18.6. The first-order valence-electron chi connectivity index (χ1n) is 11.1. The molecule has 4 aromatic rings. The Morgan fingerprint density at radius 1 is 0.485 bits per heavy atom. The fraction of sp³-hybridized carbons (Fsp3) is 0.172. The van der Waals surface area contributed by atoms with E-state index in [-0.39, 0.29) is 0 Å². The molecule has 0 aliphatic carbocycles. The van der Waals surface area contributed by atoms with Crippen LogP contribution in [-0.2, 0) is 11.3 Å². The molecular formula is C29H28O4. The lowest BCUT2D eigenvalue weighted by atomic mass is 10.0. The molecule has 33 heavy (non-hydrogen) atoms. The van der Waals surface area contributed by atoms with E-state index in [2.05, 4.69) is 24.3 Å². The second-order valence-electron chi connectivity index (χ2n) is 7.40. The Morgan fingerprint density at radius 3 is 1.88 bits per heavy atom. The molecule has 0 radical (unpaired) electrons. The molecule has 4 aromatic carbocycles. The molecule has 0 saturated carbocycles.